The molecule has 0 aliphatic rings. The number of alkyl halides is 1. The molecule has 0 aromatic rings. The zero-order chi connectivity index (χ0) is 11.6. The van der Waals surface area contributed by atoms with Crippen molar-refractivity contribution in [3.8, 4) is 0 Å². The van der Waals surface area contributed by atoms with Crippen LogP contribution in [0.4, 0.5) is 0 Å². The van der Waals surface area contributed by atoms with Crippen molar-refractivity contribution in [1.82, 2.24) is 0 Å². The maximum atomic E-state index is 2.76. The monoisotopic (exact) mass is 324 g/mol. The molecule has 0 N–H and O–H groups in total. The number of hydrogen-bond acceptors (Lipinski definition) is 0. The van der Waals surface area contributed by atoms with Gasteiger partial charge in [-0.2, -0.15) is 0 Å². The van der Waals surface area contributed by atoms with Crippen LogP contribution in [-0.4, -0.2) is 3.42 Å². The molecule has 0 spiro atoms. The van der Waals surface area contributed by atoms with Crippen LogP contribution in [0.25, 0.3) is 0 Å². The first kappa shape index (κ1) is 15.7. The van der Waals surface area contributed by atoms with Crippen molar-refractivity contribution in [2.75, 3.05) is 0 Å². The van der Waals surface area contributed by atoms with Crippen molar-refractivity contribution in [3.05, 3.63) is 0 Å². The van der Waals surface area contributed by atoms with E-state index in [1.54, 1.807) is 0 Å². The number of unbranched alkanes of at least 4 members (excludes halogenated alkanes) is 4. The first-order valence-electron chi connectivity index (χ1n) is 6.87. The van der Waals surface area contributed by atoms with Gasteiger partial charge in [0.05, 0.1) is 0 Å². The standard InChI is InChI=1S/C14H29I/c1-4-7-10-13-14(15,11-8-5-2)12-9-6-3/h4-13H2,1-3H3. The summed E-state index contributed by atoms with van der Waals surface area (Å²) in [4.78, 5) is 0. The molecule has 92 valence electrons. The Morgan fingerprint density at radius 2 is 1.07 bits per heavy atom. The predicted octanol–water partition coefficient (Wildman–Crippen LogP) is 6.12. The van der Waals surface area contributed by atoms with Gasteiger partial charge >= 0.3 is 0 Å². The van der Waals surface area contributed by atoms with Gasteiger partial charge in [0.25, 0.3) is 0 Å². The minimum absolute atomic E-state index is 0.624. The van der Waals surface area contributed by atoms with Crippen molar-refractivity contribution in [3.63, 3.8) is 0 Å². The Balaban J connectivity index is 3.89. The Hall–Kier alpha value is 0.730. The Morgan fingerprint density at radius 1 is 0.667 bits per heavy atom. The number of halogens is 1. The molecule has 0 radical (unpaired) electrons. The van der Waals surface area contributed by atoms with E-state index in [2.05, 4.69) is 43.4 Å². The zero-order valence-electron chi connectivity index (χ0n) is 10.9. The van der Waals surface area contributed by atoms with Crippen molar-refractivity contribution < 1.29 is 0 Å². The van der Waals surface area contributed by atoms with Crippen molar-refractivity contribution >= 4 is 22.6 Å². The fourth-order valence-corrected chi connectivity index (χ4v) is 3.20. The molecule has 0 aromatic heterocycles. The highest BCUT2D eigenvalue weighted by Gasteiger charge is 2.24. The molecule has 0 fully saturated rings. The topological polar surface area (TPSA) is 0 Å². The molecule has 0 nitrogen and oxygen atoms in total. The summed E-state index contributed by atoms with van der Waals surface area (Å²) in [5, 5.41) is 0. The van der Waals surface area contributed by atoms with Gasteiger partial charge < -0.3 is 0 Å². The lowest BCUT2D eigenvalue weighted by atomic mass is 9.90. The third kappa shape index (κ3) is 8.53. The van der Waals surface area contributed by atoms with E-state index in [0.717, 1.165) is 0 Å². The van der Waals surface area contributed by atoms with Gasteiger partial charge in [0.2, 0.25) is 0 Å². The van der Waals surface area contributed by atoms with Crippen LogP contribution in [-0.2, 0) is 0 Å². The van der Waals surface area contributed by atoms with Gasteiger partial charge in [-0.3, -0.25) is 0 Å². The molecule has 15 heavy (non-hydrogen) atoms. The van der Waals surface area contributed by atoms with Crippen molar-refractivity contribution in [2.45, 2.75) is 88.4 Å². The lowest BCUT2D eigenvalue weighted by Crippen LogP contribution is -2.20. The second-order valence-electron chi connectivity index (χ2n) is 4.82. The second kappa shape index (κ2) is 9.92. The molecule has 0 rings (SSSR count). The van der Waals surface area contributed by atoms with E-state index in [1.807, 2.05) is 0 Å². The highest BCUT2D eigenvalue weighted by Crippen LogP contribution is 2.36. The molecule has 0 atom stereocenters. The van der Waals surface area contributed by atoms with E-state index >= 15 is 0 Å². The zero-order valence-corrected chi connectivity index (χ0v) is 13.1. The summed E-state index contributed by atoms with van der Waals surface area (Å²) in [6.07, 6.45) is 14.1. The third-order valence-electron chi connectivity index (χ3n) is 3.19. The SMILES string of the molecule is CCCCCC(I)(CCCC)CCCC. The van der Waals surface area contributed by atoms with Crippen LogP contribution in [0.1, 0.15) is 85.0 Å². The highest BCUT2D eigenvalue weighted by atomic mass is 127. The molecule has 0 aromatic carbocycles. The Morgan fingerprint density at radius 3 is 1.47 bits per heavy atom. The molecule has 0 amide bonds. The third-order valence-corrected chi connectivity index (χ3v) is 4.80. The largest absolute Gasteiger partial charge is 0.0789 e. The van der Waals surface area contributed by atoms with Gasteiger partial charge in [-0.25, -0.2) is 0 Å². The summed E-state index contributed by atoms with van der Waals surface area (Å²) in [5.41, 5.74) is 0. The quantitative estimate of drug-likeness (QED) is 0.258. The molecular weight excluding hydrogens is 295 g/mol. The maximum absolute atomic E-state index is 2.76. The molecule has 1 heteroatoms. The van der Waals surface area contributed by atoms with E-state index in [1.165, 1.54) is 64.2 Å². The molecule has 0 heterocycles. The summed E-state index contributed by atoms with van der Waals surface area (Å²) < 4.78 is 0.624. The normalized spacial score (nSPS) is 12.0. The Bertz CT molecular complexity index is 123. The van der Waals surface area contributed by atoms with Crippen molar-refractivity contribution in [2.24, 2.45) is 0 Å². The van der Waals surface area contributed by atoms with Crippen LogP contribution < -0.4 is 0 Å². The van der Waals surface area contributed by atoms with Crippen LogP contribution >= 0.6 is 22.6 Å². The smallest absolute Gasteiger partial charge is 0.0222 e. The van der Waals surface area contributed by atoms with Crippen LogP contribution in [0.3, 0.4) is 0 Å². The Labute approximate surface area is 111 Å². The average Bonchev–Trinajstić information content (AvgIpc) is 2.24. The highest BCUT2D eigenvalue weighted by molar-refractivity contribution is 14.1. The van der Waals surface area contributed by atoms with E-state index in [9.17, 15) is 0 Å². The summed E-state index contributed by atoms with van der Waals surface area (Å²) in [6.45, 7) is 6.92. The average molecular weight is 324 g/mol. The first-order chi connectivity index (χ1) is 7.18. The first-order valence-corrected chi connectivity index (χ1v) is 7.95. The van der Waals surface area contributed by atoms with Crippen LogP contribution in [0, 0.1) is 0 Å². The van der Waals surface area contributed by atoms with Crippen molar-refractivity contribution in [1.29, 1.82) is 0 Å². The van der Waals surface area contributed by atoms with Gasteiger partial charge in [-0.1, -0.05) is 88.3 Å². The van der Waals surface area contributed by atoms with E-state index < -0.39 is 0 Å². The molecule has 0 aliphatic heterocycles. The fraction of sp³-hybridized carbons (Fsp3) is 1.00. The number of rotatable bonds is 10. The molecular formula is C14H29I. The lowest BCUT2D eigenvalue weighted by molar-refractivity contribution is 0.441. The maximum Gasteiger partial charge on any atom is 0.0222 e. The minimum atomic E-state index is 0.624. The van der Waals surface area contributed by atoms with E-state index in [0.29, 0.717) is 3.42 Å². The predicted molar refractivity (Wildman–Crippen MR) is 79.9 cm³/mol. The van der Waals surface area contributed by atoms with Gasteiger partial charge in [0.1, 0.15) is 0 Å². The fourth-order valence-electron chi connectivity index (χ4n) is 2.05. The summed E-state index contributed by atoms with van der Waals surface area (Å²) in [5.74, 6) is 0. The van der Waals surface area contributed by atoms with Crippen LogP contribution in [0.5, 0.6) is 0 Å². The molecule has 0 aliphatic carbocycles. The van der Waals surface area contributed by atoms with Gasteiger partial charge in [-0.05, 0) is 19.3 Å². The summed E-state index contributed by atoms with van der Waals surface area (Å²) in [7, 11) is 0. The number of hydrogen-bond donors (Lipinski definition) is 0. The van der Waals surface area contributed by atoms with Gasteiger partial charge in [0, 0.05) is 3.42 Å². The van der Waals surface area contributed by atoms with Crippen LogP contribution in [0.2, 0.25) is 0 Å². The van der Waals surface area contributed by atoms with Crippen LogP contribution in [0.15, 0.2) is 0 Å². The second-order valence-corrected chi connectivity index (χ2v) is 7.10. The minimum Gasteiger partial charge on any atom is -0.0789 e. The molecule has 0 saturated carbocycles. The van der Waals surface area contributed by atoms with Gasteiger partial charge in [-0.15, -0.1) is 0 Å². The molecule has 0 saturated heterocycles. The molecule has 0 unspecified atom stereocenters. The summed E-state index contributed by atoms with van der Waals surface area (Å²) >= 11 is 2.76. The Kier molecular flexibility index (Phi) is 10.4. The van der Waals surface area contributed by atoms with Gasteiger partial charge in [0.15, 0.2) is 0 Å². The molecule has 0 bridgehead atoms. The summed E-state index contributed by atoms with van der Waals surface area (Å²) in [6, 6.07) is 0. The van der Waals surface area contributed by atoms with E-state index in [4.69, 9.17) is 0 Å². The van der Waals surface area contributed by atoms with E-state index in [-0.39, 0.29) is 0 Å². The lowest BCUT2D eigenvalue weighted by Gasteiger charge is -2.27.